The molecule has 2 aromatic rings. The molecule has 2 aliphatic carbocycles. The van der Waals surface area contributed by atoms with Gasteiger partial charge < -0.3 is 4.42 Å². The van der Waals surface area contributed by atoms with Crippen LogP contribution < -0.4 is 10.6 Å². The number of benzene rings is 1. The largest absolute Gasteiger partial charge is 0.456 e. The van der Waals surface area contributed by atoms with Crippen molar-refractivity contribution < 1.29 is 4.42 Å². The van der Waals surface area contributed by atoms with Crippen molar-refractivity contribution in [3.8, 4) is 0 Å². The molecule has 0 amide bonds. The van der Waals surface area contributed by atoms with Gasteiger partial charge in [-0.1, -0.05) is 42.5 Å². The summed E-state index contributed by atoms with van der Waals surface area (Å²) in [6.07, 6.45) is 13.3. The SMILES string of the molecule is Cc1ccc2c3c(oc2c1)=CC1C=CC=CC1C=3. The van der Waals surface area contributed by atoms with E-state index in [0.29, 0.717) is 11.8 Å². The maximum Gasteiger partial charge on any atom is 0.135 e. The summed E-state index contributed by atoms with van der Waals surface area (Å²) in [5.41, 5.74) is 3.27. The van der Waals surface area contributed by atoms with Gasteiger partial charge in [-0.2, -0.15) is 0 Å². The Morgan fingerprint density at radius 3 is 2.61 bits per heavy atom. The van der Waals surface area contributed by atoms with Crippen LogP contribution in [-0.2, 0) is 0 Å². The van der Waals surface area contributed by atoms with E-state index in [9.17, 15) is 0 Å². The summed E-state index contributed by atoms with van der Waals surface area (Å²) in [6, 6.07) is 6.43. The summed E-state index contributed by atoms with van der Waals surface area (Å²) in [5, 5.41) is 2.49. The summed E-state index contributed by atoms with van der Waals surface area (Å²) in [4.78, 5) is 0. The number of fused-ring (bicyclic) bond motifs is 4. The van der Waals surface area contributed by atoms with Crippen LogP contribution in [0.5, 0.6) is 0 Å². The summed E-state index contributed by atoms with van der Waals surface area (Å²) in [7, 11) is 0. The molecule has 1 aromatic heterocycles. The number of hydrogen-bond acceptors (Lipinski definition) is 1. The average molecular weight is 234 g/mol. The molecule has 0 saturated carbocycles. The van der Waals surface area contributed by atoms with Gasteiger partial charge in [-0.15, -0.1) is 0 Å². The topological polar surface area (TPSA) is 13.1 Å². The lowest BCUT2D eigenvalue weighted by Crippen LogP contribution is -2.29. The van der Waals surface area contributed by atoms with Crippen molar-refractivity contribution in [2.24, 2.45) is 11.8 Å². The van der Waals surface area contributed by atoms with Gasteiger partial charge in [0.2, 0.25) is 0 Å². The second-order valence-electron chi connectivity index (χ2n) is 5.14. The molecule has 0 spiro atoms. The average Bonchev–Trinajstić information content (AvgIpc) is 2.72. The quantitative estimate of drug-likeness (QED) is 0.683. The maximum absolute atomic E-state index is 5.98. The first-order valence-corrected chi connectivity index (χ1v) is 6.39. The van der Waals surface area contributed by atoms with Crippen LogP contribution >= 0.6 is 0 Å². The molecule has 1 heterocycles. The highest BCUT2D eigenvalue weighted by atomic mass is 16.3. The molecule has 18 heavy (non-hydrogen) atoms. The number of hydrogen-bond donors (Lipinski definition) is 0. The van der Waals surface area contributed by atoms with Gasteiger partial charge in [0, 0.05) is 22.4 Å². The minimum absolute atomic E-state index is 0.448. The smallest absolute Gasteiger partial charge is 0.135 e. The van der Waals surface area contributed by atoms with Crippen molar-refractivity contribution in [1.82, 2.24) is 0 Å². The third kappa shape index (κ3) is 1.34. The van der Waals surface area contributed by atoms with Crippen LogP contribution in [0.4, 0.5) is 0 Å². The first kappa shape index (κ1) is 9.95. The fourth-order valence-electron chi connectivity index (χ4n) is 2.88. The number of rotatable bonds is 0. The van der Waals surface area contributed by atoms with Gasteiger partial charge in [0.15, 0.2) is 0 Å². The van der Waals surface area contributed by atoms with E-state index in [4.69, 9.17) is 4.42 Å². The van der Waals surface area contributed by atoms with Gasteiger partial charge in [0.05, 0.1) is 0 Å². The van der Waals surface area contributed by atoms with E-state index in [-0.39, 0.29) is 0 Å². The highest BCUT2D eigenvalue weighted by Crippen LogP contribution is 2.25. The standard InChI is InChI=1S/C17H14O/c1-11-6-7-14-15-9-12-4-2-3-5-13(12)10-17(15)18-16(14)8-11/h2-10,12-13H,1H3. The van der Waals surface area contributed by atoms with Crippen molar-refractivity contribution >= 4 is 23.1 Å². The Labute approximate surface area is 105 Å². The summed E-state index contributed by atoms with van der Waals surface area (Å²) in [6.45, 7) is 2.10. The van der Waals surface area contributed by atoms with E-state index in [2.05, 4.69) is 61.6 Å². The highest BCUT2D eigenvalue weighted by molar-refractivity contribution is 5.80. The van der Waals surface area contributed by atoms with Crippen LogP contribution in [0.15, 0.2) is 46.9 Å². The van der Waals surface area contributed by atoms with Gasteiger partial charge in [-0.05, 0) is 24.6 Å². The van der Waals surface area contributed by atoms with E-state index >= 15 is 0 Å². The van der Waals surface area contributed by atoms with Gasteiger partial charge in [0.25, 0.3) is 0 Å². The molecule has 0 N–H and O–H groups in total. The summed E-state index contributed by atoms with van der Waals surface area (Å²) >= 11 is 0. The predicted molar refractivity (Wildman–Crippen MR) is 74.4 cm³/mol. The first-order valence-electron chi connectivity index (χ1n) is 6.39. The molecule has 1 aromatic carbocycles. The predicted octanol–water partition coefficient (Wildman–Crippen LogP) is 2.67. The van der Waals surface area contributed by atoms with Gasteiger partial charge in [-0.3, -0.25) is 0 Å². The summed E-state index contributed by atoms with van der Waals surface area (Å²) in [5.74, 6) is 0.925. The van der Waals surface area contributed by atoms with Crippen LogP contribution in [0.3, 0.4) is 0 Å². The van der Waals surface area contributed by atoms with Gasteiger partial charge in [-0.25, -0.2) is 0 Å². The summed E-state index contributed by atoms with van der Waals surface area (Å²) < 4.78 is 5.98. The second kappa shape index (κ2) is 3.49. The van der Waals surface area contributed by atoms with Crippen molar-refractivity contribution in [3.05, 3.63) is 58.7 Å². The zero-order chi connectivity index (χ0) is 12.1. The third-order valence-corrected chi connectivity index (χ3v) is 3.84. The number of allylic oxidation sites excluding steroid dienone is 4. The molecule has 88 valence electrons. The number of aryl methyl sites for hydroxylation is 1. The lowest BCUT2D eigenvalue weighted by molar-refractivity contribution is 0.561. The maximum atomic E-state index is 5.98. The molecule has 2 unspecified atom stereocenters. The molecular formula is C17H14O. The van der Waals surface area contributed by atoms with Crippen molar-refractivity contribution in [3.63, 3.8) is 0 Å². The zero-order valence-electron chi connectivity index (χ0n) is 10.3. The molecule has 2 atom stereocenters. The lowest BCUT2D eigenvalue weighted by Gasteiger charge is -2.19. The van der Waals surface area contributed by atoms with Gasteiger partial charge >= 0.3 is 0 Å². The lowest BCUT2D eigenvalue weighted by atomic mass is 9.85. The molecule has 0 bridgehead atoms. The van der Waals surface area contributed by atoms with Crippen molar-refractivity contribution in [2.75, 3.05) is 0 Å². The zero-order valence-corrected chi connectivity index (χ0v) is 10.3. The molecule has 2 aliphatic rings. The fourth-order valence-corrected chi connectivity index (χ4v) is 2.88. The van der Waals surface area contributed by atoms with Crippen LogP contribution in [0.2, 0.25) is 0 Å². The van der Waals surface area contributed by atoms with Crippen LogP contribution in [-0.4, -0.2) is 0 Å². The Bertz CT molecular complexity index is 802. The normalized spacial score (nSPS) is 24.3. The number of furan rings is 1. The molecule has 0 fully saturated rings. The monoisotopic (exact) mass is 234 g/mol. The Hall–Kier alpha value is -2.02. The molecular weight excluding hydrogens is 220 g/mol. The van der Waals surface area contributed by atoms with Gasteiger partial charge in [0.1, 0.15) is 11.0 Å². The first-order chi connectivity index (χ1) is 8.81. The van der Waals surface area contributed by atoms with E-state index in [1.54, 1.807) is 0 Å². The van der Waals surface area contributed by atoms with Crippen LogP contribution in [0.25, 0.3) is 23.1 Å². The minimum atomic E-state index is 0.448. The molecule has 4 rings (SSSR count). The fraction of sp³-hybridized carbons (Fsp3) is 0.176. The van der Waals surface area contributed by atoms with Crippen LogP contribution in [0.1, 0.15) is 5.56 Å². The van der Waals surface area contributed by atoms with Crippen LogP contribution in [0, 0.1) is 18.8 Å². The molecule has 0 saturated heterocycles. The molecule has 1 heteroatoms. The highest BCUT2D eigenvalue weighted by Gasteiger charge is 2.19. The second-order valence-corrected chi connectivity index (χ2v) is 5.14. The van der Waals surface area contributed by atoms with E-state index in [1.807, 2.05) is 0 Å². The Kier molecular flexibility index (Phi) is 1.93. The Morgan fingerprint density at radius 1 is 1.00 bits per heavy atom. The van der Waals surface area contributed by atoms with E-state index in [0.717, 1.165) is 11.0 Å². The third-order valence-electron chi connectivity index (χ3n) is 3.84. The minimum Gasteiger partial charge on any atom is -0.456 e. The Balaban J connectivity index is 2.09. The van der Waals surface area contributed by atoms with E-state index in [1.165, 1.54) is 16.2 Å². The van der Waals surface area contributed by atoms with Crippen molar-refractivity contribution in [1.29, 1.82) is 0 Å². The van der Waals surface area contributed by atoms with E-state index < -0.39 is 0 Å². The molecule has 1 nitrogen and oxygen atoms in total. The van der Waals surface area contributed by atoms with Crippen molar-refractivity contribution in [2.45, 2.75) is 6.92 Å². The molecule has 0 aliphatic heterocycles. The molecule has 0 radical (unpaired) electrons. The Morgan fingerprint density at radius 2 is 1.78 bits per heavy atom.